The molecule has 0 aliphatic heterocycles. The van der Waals surface area contributed by atoms with E-state index in [0.29, 0.717) is 17.2 Å². The predicted molar refractivity (Wildman–Crippen MR) is 72.2 cm³/mol. The summed E-state index contributed by atoms with van der Waals surface area (Å²) in [5, 5.41) is 4.50. The van der Waals surface area contributed by atoms with Gasteiger partial charge in [-0.3, -0.25) is 0 Å². The van der Waals surface area contributed by atoms with Gasteiger partial charge in [0.1, 0.15) is 0 Å². The SMILES string of the molecule is CCOC(=O)c1cc(-n2cc(Br)cn2)ccc1Cl. The number of halogens is 2. The maximum absolute atomic E-state index is 11.7. The average molecular weight is 330 g/mol. The molecule has 0 atom stereocenters. The number of ether oxygens (including phenoxy) is 1. The van der Waals surface area contributed by atoms with E-state index in [4.69, 9.17) is 16.3 Å². The Morgan fingerprint density at radius 2 is 2.33 bits per heavy atom. The molecule has 0 saturated carbocycles. The Kier molecular flexibility index (Phi) is 4.04. The minimum absolute atomic E-state index is 0.312. The van der Waals surface area contributed by atoms with Gasteiger partial charge in [0, 0.05) is 6.20 Å². The molecule has 0 aliphatic carbocycles. The molecular weight excluding hydrogens is 320 g/mol. The number of carbonyl (C=O) groups excluding carboxylic acids is 1. The van der Waals surface area contributed by atoms with Crippen molar-refractivity contribution in [2.45, 2.75) is 6.92 Å². The third-order valence-corrected chi connectivity index (χ3v) is 3.00. The minimum Gasteiger partial charge on any atom is -0.462 e. The molecular formula is C12H10BrClN2O2. The fourth-order valence-corrected chi connectivity index (χ4v) is 1.94. The van der Waals surface area contributed by atoms with Crippen LogP contribution in [-0.2, 0) is 4.74 Å². The van der Waals surface area contributed by atoms with Crippen LogP contribution in [0.2, 0.25) is 5.02 Å². The molecule has 1 aromatic heterocycles. The van der Waals surface area contributed by atoms with Gasteiger partial charge in [-0.2, -0.15) is 5.10 Å². The summed E-state index contributed by atoms with van der Waals surface area (Å²) in [6.07, 6.45) is 3.46. The highest BCUT2D eigenvalue weighted by Gasteiger charge is 2.13. The van der Waals surface area contributed by atoms with Crippen molar-refractivity contribution in [3.63, 3.8) is 0 Å². The van der Waals surface area contributed by atoms with Crippen molar-refractivity contribution in [2.24, 2.45) is 0 Å². The van der Waals surface area contributed by atoms with Crippen LogP contribution in [-0.4, -0.2) is 22.4 Å². The van der Waals surface area contributed by atoms with E-state index in [-0.39, 0.29) is 0 Å². The van der Waals surface area contributed by atoms with Gasteiger partial charge in [-0.1, -0.05) is 11.6 Å². The fraction of sp³-hybridized carbons (Fsp3) is 0.167. The van der Waals surface area contributed by atoms with E-state index < -0.39 is 5.97 Å². The molecule has 0 saturated heterocycles. The second kappa shape index (κ2) is 5.54. The van der Waals surface area contributed by atoms with Gasteiger partial charge in [0.05, 0.1) is 33.5 Å². The molecule has 0 bridgehead atoms. The Labute approximate surface area is 118 Å². The predicted octanol–water partition coefficient (Wildman–Crippen LogP) is 3.46. The lowest BCUT2D eigenvalue weighted by atomic mass is 10.2. The summed E-state index contributed by atoms with van der Waals surface area (Å²) < 4.78 is 7.44. The van der Waals surface area contributed by atoms with Crippen molar-refractivity contribution in [2.75, 3.05) is 6.61 Å². The van der Waals surface area contributed by atoms with Gasteiger partial charge in [-0.25, -0.2) is 9.48 Å². The minimum atomic E-state index is -0.435. The normalized spacial score (nSPS) is 10.4. The number of hydrogen-bond acceptors (Lipinski definition) is 3. The number of benzene rings is 1. The van der Waals surface area contributed by atoms with E-state index in [1.54, 1.807) is 42.2 Å². The lowest BCUT2D eigenvalue weighted by molar-refractivity contribution is 0.0526. The van der Waals surface area contributed by atoms with Crippen molar-refractivity contribution in [3.8, 4) is 5.69 Å². The van der Waals surface area contributed by atoms with Crippen molar-refractivity contribution in [3.05, 3.63) is 45.7 Å². The smallest absolute Gasteiger partial charge is 0.339 e. The van der Waals surface area contributed by atoms with Crippen molar-refractivity contribution in [1.29, 1.82) is 0 Å². The van der Waals surface area contributed by atoms with Crippen molar-refractivity contribution < 1.29 is 9.53 Å². The van der Waals surface area contributed by atoms with Crippen LogP contribution in [0.5, 0.6) is 0 Å². The number of rotatable bonds is 3. The van der Waals surface area contributed by atoms with Gasteiger partial charge in [0.2, 0.25) is 0 Å². The molecule has 0 amide bonds. The van der Waals surface area contributed by atoms with Crippen LogP contribution in [0.15, 0.2) is 35.1 Å². The molecule has 0 N–H and O–H groups in total. The summed E-state index contributed by atoms with van der Waals surface area (Å²) in [4.78, 5) is 11.7. The van der Waals surface area contributed by atoms with Crippen molar-refractivity contribution in [1.82, 2.24) is 9.78 Å². The molecule has 2 aromatic rings. The van der Waals surface area contributed by atoms with E-state index in [2.05, 4.69) is 21.0 Å². The zero-order chi connectivity index (χ0) is 13.1. The molecule has 1 heterocycles. The van der Waals surface area contributed by atoms with Crippen LogP contribution in [0.25, 0.3) is 5.69 Å². The molecule has 2 rings (SSSR count). The summed E-state index contributed by atoms with van der Waals surface area (Å²) in [7, 11) is 0. The van der Waals surface area contributed by atoms with Crippen LogP contribution >= 0.6 is 27.5 Å². The molecule has 4 nitrogen and oxygen atoms in total. The number of esters is 1. The zero-order valence-corrected chi connectivity index (χ0v) is 11.9. The van der Waals surface area contributed by atoms with Crippen LogP contribution in [0, 0.1) is 0 Å². The molecule has 0 radical (unpaired) electrons. The van der Waals surface area contributed by atoms with E-state index >= 15 is 0 Å². The summed E-state index contributed by atoms with van der Waals surface area (Å²) in [5.74, 6) is -0.435. The molecule has 0 spiro atoms. The van der Waals surface area contributed by atoms with Crippen LogP contribution in [0.4, 0.5) is 0 Å². The lowest BCUT2D eigenvalue weighted by Gasteiger charge is -2.07. The second-order valence-electron chi connectivity index (χ2n) is 3.49. The first kappa shape index (κ1) is 13.1. The van der Waals surface area contributed by atoms with Gasteiger partial charge >= 0.3 is 5.97 Å². The van der Waals surface area contributed by atoms with Gasteiger partial charge < -0.3 is 4.74 Å². The fourth-order valence-electron chi connectivity index (χ4n) is 1.46. The highest BCUT2D eigenvalue weighted by Crippen LogP contribution is 2.21. The summed E-state index contributed by atoms with van der Waals surface area (Å²) in [6, 6.07) is 5.09. The number of aromatic nitrogens is 2. The lowest BCUT2D eigenvalue weighted by Crippen LogP contribution is -2.06. The number of carbonyl (C=O) groups is 1. The Morgan fingerprint density at radius 1 is 1.56 bits per heavy atom. The first-order valence-corrected chi connectivity index (χ1v) is 6.46. The van der Waals surface area contributed by atoms with E-state index in [1.165, 1.54) is 0 Å². The van der Waals surface area contributed by atoms with E-state index in [0.717, 1.165) is 10.2 Å². The second-order valence-corrected chi connectivity index (χ2v) is 4.81. The summed E-state index contributed by atoms with van der Waals surface area (Å²) in [6.45, 7) is 2.06. The molecule has 18 heavy (non-hydrogen) atoms. The molecule has 0 unspecified atom stereocenters. The topological polar surface area (TPSA) is 44.1 Å². The van der Waals surface area contributed by atoms with Crippen LogP contribution < -0.4 is 0 Å². The third kappa shape index (κ3) is 2.73. The Hall–Kier alpha value is -1.33. The Morgan fingerprint density at radius 3 is 2.94 bits per heavy atom. The maximum atomic E-state index is 11.7. The Bertz CT molecular complexity index is 583. The molecule has 0 fully saturated rings. The van der Waals surface area contributed by atoms with Gasteiger partial charge in [-0.15, -0.1) is 0 Å². The summed E-state index contributed by atoms with van der Waals surface area (Å²) >= 11 is 9.29. The molecule has 0 aliphatic rings. The monoisotopic (exact) mass is 328 g/mol. The highest BCUT2D eigenvalue weighted by molar-refractivity contribution is 9.10. The van der Waals surface area contributed by atoms with Crippen LogP contribution in [0.1, 0.15) is 17.3 Å². The summed E-state index contributed by atoms with van der Waals surface area (Å²) in [5.41, 5.74) is 1.08. The van der Waals surface area contributed by atoms with Gasteiger partial charge in [0.15, 0.2) is 0 Å². The number of hydrogen-bond donors (Lipinski definition) is 0. The average Bonchev–Trinajstić information content (AvgIpc) is 2.77. The molecule has 1 aromatic carbocycles. The van der Waals surface area contributed by atoms with Gasteiger partial charge in [0.25, 0.3) is 0 Å². The standard InChI is InChI=1S/C12H10BrClN2O2/c1-2-18-12(17)10-5-9(3-4-11(10)14)16-7-8(13)6-15-16/h3-7H,2H2,1H3. The van der Waals surface area contributed by atoms with E-state index in [9.17, 15) is 4.79 Å². The largest absolute Gasteiger partial charge is 0.462 e. The maximum Gasteiger partial charge on any atom is 0.339 e. The first-order chi connectivity index (χ1) is 8.61. The van der Waals surface area contributed by atoms with Crippen LogP contribution in [0.3, 0.4) is 0 Å². The van der Waals surface area contributed by atoms with E-state index in [1.807, 2.05) is 0 Å². The zero-order valence-electron chi connectivity index (χ0n) is 9.56. The number of nitrogens with zero attached hydrogens (tertiary/aromatic N) is 2. The van der Waals surface area contributed by atoms with Crippen molar-refractivity contribution >= 4 is 33.5 Å². The molecule has 94 valence electrons. The first-order valence-electron chi connectivity index (χ1n) is 5.29. The van der Waals surface area contributed by atoms with Gasteiger partial charge in [-0.05, 0) is 41.1 Å². The molecule has 6 heteroatoms. The quantitative estimate of drug-likeness (QED) is 0.810. The Balaban J connectivity index is 2.40. The third-order valence-electron chi connectivity index (χ3n) is 2.26. The highest BCUT2D eigenvalue weighted by atomic mass is 79.9.